The minimum absolute atomic E-state index is 0.602. The normalized spacial score (nSPS) is 14.5. The number of nitrogens with zero attached hydrogens (tertiary/aromatic N) is 2. The lowest BCUT2D eigenvalue weighted by molar-refractivity contribution is 0.930. The third kappa shape index (κ3) is 5.77. The van der Waals surface area contributed by atoms with Crippen LogP contribution in [0.15, 0.2) is 133 Å². The summed E-state index contributed by atoms with van der Waals surface area (Å²) in [5, 5.41) is 10.8. The van der Waals surface area contributed by atoms with Crippen molar-refractivity contribution in [2.75, 3.05) is 0 Å². The molecular formula is C54H56Cl2N2Si2. The summed E-state index contributed by atoms with van der Waals surface area (Å²) in [6.45, 7) is 19.5. The molecule has 10 rings (SSSR count). The maximum absolute atomic E-state index is 6.40. The molecule has 0 bridgehead atoms. The zero-order chi connectivity index (χ0) is 42.4. The molecule has 0 unspecified atom stereocenters. The SMILES string of the molecule is CC(C)[Si]1(C(C)C)c2cc(-c3ccccc3)ccc2-c2c1c1ccc(Cl)cc1n2C.CC(C)[Si]1(C(C)C)c2cc(-c3ccccc3)ccc2-c2c1c1ccc(Cl)cc1n2C. The van der Waals surface area contributed by atoms with Gasteiger partial charge in [-0.05, 0) is 101 Å². The molecule has 4 heterocycles. The molecule has 304 valence electrons. The van der Waals surface area contributed by atoms with Crippen molar-refractivity contribution in [3.8, 4) is 44.8 Å². The zero-order valence-electron chi connectivity index (χ0n) is 36.7. The lowest BCUT2D eigenvalue weighted by atomic mass is 10.0. The van der Waals surface area contributed by atoms with Crippen LogP contribution < -0.4 is 20.7 Å². The highest BCUT2D eigenvalue weighted by atomic mass is 35.5. The van der Waals surface area contributed by atoms with Crippen molar-refractivity contribution in [3.05, 3.63) is 144 Å². The summed E-state index contributed by atoms with van der Waals surface area (Å²) in [7, 11) is 0.377. The number of benzene rings is 6. The van der Waals surface area contributed by atoms with Gasteiger partial charge >= 0.3 is 0 Å². The zero-order valence-corrected chi connectivity index (χ0v) is 40.2. The number of aromatic nitrogens is 2. The molecule has 0 spiro atoms. The van der Waals surface area contributed by atoms with Crippen LogP contribution in [0.1, 0.15) is 55.4 Å². The molecule has 8 aromatic rings. The van der Waals surface area contributed by atoms with Crippen molar-refractivity contribution >= 4 is 81.9 Å². The number of hydrogen-bond acceptors (Lipinski definition) is 0. The number of rotatable bonds is 6. The second-order valence-corrected chi connectivity index (χ2v) is 29.5. The van der Waals surface area contributed by atoms with Crippen LogP contribution >= 0.6 is 23.2 Å². The third-order valence-corrected chi connectivity index (χ3v) is 27.5. The molecule has 6 heteroatoms. The molecule has 2 aromatic heterocycles. The molecule has 0 fully saturated rings. The first-order valence-electron chi connectivity index (χ1n) is 21.7. The van der Waals surface area contributed by atoms with Crippen LogP contribution in [0.4, 0.5) is 0 Å². The first-order chi connectivity index (χ1) is 28.7. The number of hydrogen-bond donors (Lipinski definition) is 0. The van der Waals surface area contributed by atoms with Crippen molar-refractivity contribution in [2.45, 2.75) is 77.6 Å². The Morgan fingerprint density at radius 3 is 1.08 bits per heavy atom. The highest BCUT2D eigenvalue weighted by molar-refractivity contribution is 7.09. The van der Waals surface area contributed by atoms with Crippen LogP contribution in [0, 0.1) is 0 Å². The van der Waals surface area contributed by atoms with Gasteiger partial charge in [0.1, 0.15) is 16.1 Å². The minimum atomic E-state index is -2.02. The Hall–Kier alpha value is -4.59. The molecule has 0 radical (unpaired) electrons. The van der Waals surface area contributed by atoms with Crippen LogP contribution in [0.2, 0.25) is 32.2 Å². The Morgan fingerprint density at radius 1 is 0.400 bits per heavy atom. The predicted molar refractivity (Wildman–Crippen MR) is 268 cm³/mol. The summed E-state index contributed by atoms with van der Waals surface area (Å²) in [5.74, 6) is 0. The summed E-state index contributed by atoms with van der Waals surface area (Å²) < 4.78 is 4.77. The van der Waals surface area contributed by atoms with Crippen molar-refractivity contribution < 1.29 is 0 Å². The van der Waals surface area contributed by atoms with E-state index in [1.54, 1.807) is 20.7 Å². The van der Waals surface area contributed by atoms with Gasteiger partial charge in [0.25, 0.3) is 0 Å². The summed E-state index contributed by atoms with van der Waals surface area (Å²) in [6.07, 6.45) is 0. The van der Waals surface area contributed by atoms with Gasteiger partial charge in [0.15, 0.2) is 0 Å². The van der Waals surface area contributed by atoms with E-state index in [9.17, 15) is 0 Å². The van der Waals surface area contributed by atoms with E-state index >= 15 is 0 Å². The largest absolute Gasteiger partial charge is 0.344 e. The van der Waals surface area contributed by atoms with E-state index < -0.39 is 16.1 Å². The quantitative estimate of drug-likeness (QED) is 0.147. The van der Waals surface area contributed by atoms with Gasteiger partial charge in [-0.1, -0.05) is 188 Å². The number of fused-ring (bicyclic) bond motifs is 10. The molecule has 6 aromatic carbocycles. The number of aryl methyl sites for hydroxylation is 2. The van der Waals surface area contributed by atoms with Gasteiger partial charge in [-0.25, -0.2) is 0 Å². The molecular weight excluding hydrogens is 804 g/mol. The average molecular weight is 860 g/mol. The van der Waals surface area contributed by atoms with Crippen LogP contribution in [-0.2, 0) is 14.1 Å². The molecule has 0 saturated heterocycles. The smallest absolute Gasteiger partial charge is 0.127 e. The molecule has 0 amide bonds. The maximum atomic E-state index is 6.40. The Bertz CT molecular complexity index is 2720. The monoisotopic (exact) mass is 858 g/mol. The standard InChI is InChI=1S/2C27H28ClNSi/c2*1-17(2)30(18(3)4)25-15-20(19-9-7-6-8-10-19)11-13-23(25)26-27(30)22-14-12-21(28)16-24(22)29(26)5/h2*6-18H,1-5H3. The summed E-state index contributed by atoms with van der Waals surface area (Å²) in [4.78, 5) is 0. The van der Waals surface area contributed by atoms with E-state index in [-0.39, 0.29) is 0 Å². The van der Waals surface area contributed by atoms with Crippen molar-refractivity contribution in [1.29, 1.82) is 0 Å². The van der Waals surface area contributed by atoms with Crippen LogP contribution in [0.25, 0.3) is 66.6 Å². The Kier molecular flexibility index (Phi) is 10.3. The minimum Gasteiger partial charge on any atom is -0.344 e. The summed E-state index contributed by atoms with van der Waals surface area (Å²) >= 11 is 12.8. The highest BCUT2D eigenvalue weighted by Gasteiger charge is 2.54. The second kappa shape index (κ2) is 15.1. The third-order valence-electron chi connectivity index (χ3n) is 14.5. The summed E-state index contributed by atoms with van der Waals surface area (Å²) in [5.41, 5.74) is 15.8. The summed E-state index contributed by atoms with van der Waals surface area (Å²) in [6, 6.07) is 48.8. The van der Waals surface area contributed by atoms with Crippen molar-refractivity contribution in [2.24, 2.45) is 14.1 Å². The fourth-order valence-corrected chi connectivity index (χ4v) is 25.2. The van der Waals surface area contributed by atoms with Gasteiger partial charge in [-0.15, -0.1) is 0 Å². The fraction of sp³-hybridized carbons (Fsp3) is 0.259. The Balaban J connectivity index is 0.000000154. The van der Waals surface area contributed by atoms with Gasteiger partial charge < -0.3 is 9.13 Å². The maximum Gasteiger partial charge on any atom is 0.127 e. The van der Waals surface area contributed by atoms with Crippen LogP contribution in [-0.4, -0.2) is 25.3 Å². The topological polar surface area (TPSA) is 9.86 Å². The van der Waals surface area contributed by atoms with Gasteiger partial charge in [0.2, 0.25) is 0 Å². The van der Waals surface area contributed by atoms with Crippen LogP contribution in [0.3, 0.4) is 0 Å². The Morgan fingerprint density at radius 2 is 0.750 bits per heavy atom. The lowest BCUT2D eigenvalue weighted by Gasteiger charge is -2.38. The highest BCUT2D eigenvalue weighted by Crippen LogP contribution is 2.47. The van der Waals surface area contributed by atoms with Gasteiger partial charge in [-0.3, -0.25) is 0 Å². The Labute approximate surface area is 368 Å². The van der Waals surface area contributed by atoms with E-state index in [2.05, 4.69) is 212 Å². The first kappa shape index (κ1) is 40.8. The predicted octanol–water partition coefficient (Wildman–Crippen LogP) is 13.7. The van der Waals surface area contributed by atoms with E-state index in [1.807, 2.05) is 0 Å². The molecule has 0 saturated carbocycles. The molecule has 2 nitrogen and oxygen atoms in total. The van der Waals surface area contributed by atoms with Gasteiger partial charge in [0.05, 0.1) is 0 Å². The van der Waals surface area contributed by atoms with Crippen molar-refractivity contribution in [3.63, 3.8) is 0 Å². The van der Waals surface area contributed by atoms with Gasteiger partial charge in [0, 0.05) is 57.3 Å². The lowest BCUT2D eigenvalue weighted by Crippen LogP contribution is -2.60. The average Bonchev–Trinajstić information content (AvgIpc) is 3.91. The van der Waals surface area contributed by atoms with Crippen molar-refractivity contribution in [1.82, 2.24) is 9.13 Å². The molecule has 60 heavy (non-hydrogen) atoms. The first-order valence-corrected chi connectivity index (χ1v) is 26.8. The number of halogens is 2. The van der Waals surface area contributed by atoms with E-state index in [4.69, 9.17) is 23.2 Å². The van der Waals surface area contributed by atoms with Gasteiger partial charge in [-0.2, -0.15) is 0 Å². The van der Waals surface area contributed by atoms with Crippen LogP contribution in [0.5, 0.6) is 0 Å². The molecule has 0 atom stereocenters. The van der Waals surface area contributed by atoms with E-state index in [1.165, 1.54) is 66.6 Å². The molecule has 0 aliphatic carbocycles. The van der Waals surface area contributed by atoms with E-state index in [0.717, 1.165) is 10.0 Å². The fourth-order valence-electron chi connectivity index (χ4n) is 12.1. The van der Waals surface area contributed by atoms with E-state index in [0.29, 0.717) is 22.2 Å². The molecule has 0 N–H and O–H groups in total. The second-order valence-electron chi connectivity index (χ2n) is 18.5. The molecule has 2 aliphatic heterocycles. The molecule has 2 aliphatic rings.